The van der Waals surface area contributed by atoms with Gasteiger partial charge in [0.05, 0.1) is 27.1 Å². The number of aromatic nitrogens is 2. The summed E-state index contributed by atoms with van der Waals surface area (Å²) in [7, 11) is 0. The first kappa shape index (κ1) is 24.3. The molecule has 0 fully saturated rings. The monoisotopic (exact) mass is 495 g/mol. The summed E-state index contributed by atoms with van der Waals surface area (Å²) >= 11 is 0. The minimum Gasteiger partial charge on any atom is -0.426 e. The van der Waals surface area contributed by atoms with Gasteiger partial charge in [-0.05, 0) is 48.6 Å². The number of hydrogen-bond donors (Lipinski definition) is 0. The number of nitro groups is 1. The van der Waals surface area contributed by atoms with Crippen LogP contribution in [0.1, 0.15) is 23.9 Å². The SMILES string of the molecule is CC(=O)Oc1ccc([N+](=O)[O-])cc1/C=C/c1nc2ccccc2c(=O)n1-c1cccc(C(F)(F)F)c1. The average Bonchev–Trinajstić information content (AvgIpc) is 2.82. The quantitative estimate of drug-likeness (QED) is 0.159. The van der Waals surface area contributed by atoms with E-state index in [0.29, 0.717) is 5.52 Å². The van der Waals surface area contributed by atoms with Crippen molar-refractivity contribution in [2.24, 2.45) is 0 Å². The topological polar surface area (TPSA) is 104 Å². The number of fused-ring (bicyclic) bond motifs is 1. The molecule has 0 unspecified atom stereocenters. The van der Waals surface area contributed by atoms with E-state index in [-0.39, 0.29) is 33.9 Å². The van der Waals surface area contributed by atoms with Crippen molar-refractivity contribution in [1.29, 1.82) is 0 Å². The maximum atomic E-state index is 13.3. The summed E-state index contributed by atoms with van der Waals surface area (Å²) in [6, 6.07) is 14.1. The zero-order valence-corrected chi connectivity index (χ0v) is 18.5. The molecule has 0 bridgehead atoms. The highest BCUT2D eigenvalue weighted by Crippen LogP contribution is 2.31. The second-order valence-electron chi connectivity index (χ2n) is 7.58. The van der Waals surface area contributed by atoms with Gasteiger partial charge in [-0.2, -0.15) is 13.2 Å². The van der Waals surface area contributed by atoms with Crippen LogP contribution in [0, 0.1) is 10.1 Å². The molecule has 0 amide bonds. The van der Waals surface area contributed by atoms with Crippen molar-refractivity contribution in [1.82, 2.24) is 9.55 Å². The molecule has 8 nitrogen and oxygen atoms in total. The number of para-hydroxylation sites is 1. The zero-order valence-electron chi connectivity index (χ0n) is 18.5. The average molecular weight is 495 g/mol. The fraction of sp³-hybridized carbons (Fsp3) is 0.0800. The van der Waals surface area contributed by atoms with Crippen LogP contribution in [0.4, 0.5) is 18.9 Å². The molecule has 36 heavy (non-hydrogen) atoms. The molecule has 182 valence electrons. The van der Waals surface area contributed by atoms with Crippen LogP contribution in [0.2, 0.25) is 0 Å². The van der Waals surface area contributed by atoms with Gasteiger partial charge in [0.15, 0.2) is 0 Å². The molecule has 0 saturated carbocycles. The van der Waals surface area contributed by atoms with Crippen LogP contribution >= 0.6 is 0 Å². The van der Waals surface area contributed by atoms with E-state index in [1.54, 1.807) is 18.2 Å². The van der Waals surface area contributed by atoms with Gasteiger partial charge in [-0.25, -0.2) is 4.98 Å². The van der Waals surface area contributed by atoms with Crippen molar-refractivity contribution < 1.29 is 27.6 Å². The van der Waals surface area contributed by atoms with Gasteiger partial charge in [0.1, 0.15) is 11.6 Å². The first-order valence-electron chi connectivity index (χ1n) is 10.4. The molecule has 11 heteroatoms. The van der Waals surface area contributed by atoms with Crippen molar-refractivity contribution in [3.63, 3.8) is 0 Å². The third-order valence-corrected chi connectivity index (χ3v) is 5.10. The van der Waals surface area contributed by atoms with Gasteiger partial charge in [0, 0.05) is 24.6 Å². The van der Waals surface area contributed by atoms with Crippen LogP contribution in [0.5, 0.6) is 5.75 Å². The van der Waals surface area contributed by atoms with Gasteiger partial charge in [-0.15, -0.1) is 0 Å². The van der Waals surface area contributed by atoms with Gasteiger partial charge in [-0.3, -0.25) is 24.3 Å². The summed E-state index contributed by atoms with van der Waals surface area (Å²) in [6.45, 7) is 1.16. The molecule has 0 aliphatic heterocycles. The highest BCUT2D eigenvalue weighted by molar-refractivity contribution is 5.81. The number of non-ortho nitro benzene ring substituents is 1. The Hall–Kier alpha value is -4.80. The van der Waals surface area contributed by atoms with Gasteiger partial charge >= 0.3 is 12.1 Å². The number of benzene rings is 3. The van der Waals surface area contributed by atoms with Crippen LogP contribution in [0.15, 0.2) is 71.5 Å². The van der Waals surface area contributed by atoms with E-state index >= 15 is 0 Å². The summed E-state index contributed by atoms with van der Waals surface area (Å²) in [6.07, 6.45) is -2.01. The molecule has 4 rings (SSSR count). The van der Waals surface area contributed by atoms with Crippen LogP contribution in [-0.2, 0) is 11.0 Å². The van der Waals surface area contributed by atoms with Crippen LogP contribution in [0.3, 0.4) is 0 Å². The van der Waals surface area contributed by atoms with Crippen LogP contribution < -0.4 is 10.3 Å². The van der Waals surface area contributed by atoms with Gasteiger partial charge < -0.3 is 4.74 Å². The summed E-state index contributed by atoms with van der Waals surface area (Å²) < 4.78 is 46.2. The predicted molar refractivity (Wildman–Crippen MR) is 126 cm³/mol. The van der Waals surface area contributed by atoms with E-state index < -0.39 is 28.2 Å². The second kappa shape index (κ2) is 9.45. The lowest BCUT2D eigenvalue weighted by Crippen LogP contribution is -2.22. The summed E-state index contributed by atoms with van der Waals surface area (Å²) in [5, 5.41) is 11.4. The number of rotatable bonds is 5. The molecule has 3 aromatic carbocycles. The second-order valence-corrected chi connectivity index (χ2v) is 7.58. The lowest BCUT2D eigenvalue weighted by molar-refractivity contribution is -0.384. The summed E-state index contributed by atoms with van der Waals surface area (Å²) in [4.78, 5) is 39.8. The van der Waals surface area contributed by atoms with Gasteiger partial charge in [0.2, 0.25) is 0 Å². The highest BCUT2D eigenvalue weighted by Gasteiger charge is 2.30. The van der Waals surface area contributed by atoms with E-state index in [9.17, 15) is 32.9 Å². The number of carbonyl (C=O) groups is 1. The molecule has 0 radical (unpaired) electrons. The fourth-order valence-electron chi connectivity index (χ4n) is 3.52. The van der Waals surface area contributed by atoms with E-state index in [2.05, 4.69) is 4.98 Å². The maximum Gasteiger partial charge on any atom is 0.416 e. The molecule has 1 aromatic heterocycles. The minimum absolute atomic E-state index is 0.0121. The van der Waals surface area contributed by atoms with E-state index in [1.165, 1.54) is 36.4 Å². The Bertz CT molecular complexity index is 1590. The zero-order chi connectivity index (χ0) is 26.0. The Morgan fingerprint density at radius 3 is 2.50 bits per heavy atom. The molecule has 0 spiro atoms. The normalized spacial score (nSPS) is 11.7. The number of halogens is 3. The number of hydrogen-bond acceptors (Lipinski definition) is 6. The first-order valence-corrected chi connectivity index (χ1v) is 10.4. The number of esters is 1. The Labute approximate surface area is 201 Å². The van der Waals surface area contributed by atoms with Crippen molar-refractivity contribution in [3.8, 4) is 11.4 Å². The van der Waals surface area contributed by atoms with E-state index in [4.69, 9.17) is 4.74 Å². The molecule has 0 N–H and O–H groups in total. The molecule has 4 aromatic rings. The van der Waals surface area contributed by atoms with Crippen molar-refractivity contribution >= 4 is 34.7 Å². The molecule has 0 atom stereocenters. The molecule has 0 saturated heterocycles. The Kier molecular flexibility index (Phi) is 6.39. The highest BCUT2D eigenvalue weighted by atomic mass is 19.4. The Morgan fingerprint density at radius 1 is 1.06 bits per heavy atom. The largest absolute Gasteiger partial charge is 0.426 e. The van der Waals surface area contributed by atoms with Crippen molar-refractivity contribution in [2.45, 2.75) is 13.1 Å². The molecule has 0 aliphatic rings. The lowest BCUT2D eigenvalue weighted by atomic mass is 10.1. The smallest absolute Gasteiger partial charge is 0.416 e. The predicted octanol–water partition coefficient (Wildman–Crippen LogP) is 5.41. The third kappa shape index (κ3) is 4.99. The number of alkyl halides is 3. The van der Waals surface area contributed by atoms with Crippen LogP contribution in [-0.4, -0.2) is 20.4 Å². The molecular weight excluding hydrogens is 479 g/mol. The van der Waals surface area contributed by atoms with Gasteiger partial charge in [0.25, 0.3) is 11.2 Å². The van der Waals surface area contributed by atoms with Crippen LogP contribution in [0.25, 0.3) is 28.7 Å². The minimum atomic E-state index is -4.64. The Morgan fingerprint density at radius 2 is 1.81 bits per heavy atom. The standard InChI is InChI=1S/C25H16F3N3O5/c1-15(32)36-22-11-10-19(31(34)35)13-16(22)9-12-23-29-21-8-3-2-7-20(21)24(33)30(23)18-6-4-5-17(14-18)25(26,27)28/h2-14H,1H3/b12-9+. The summed E-state index contributed by atoms with van der Waals surface area (Å²) in [5.74, 6) is -0.695. The first-order chi connectivity index (χ1) is 17.0. The Balaban J connectivity index is 1.94. The maximum absolute atomic E-state index is 13.3. The molecule has 1 heterocycles. The van der Waals surface area contributed by atoms with E-state index in [1.807, 2.05) is 0 Å². The number of nitro benzene ring substituents is 1. The number of ether oxygens (including phenoxy) is 1. The van der Waals surface area contributed by atoms with Gasteiger partial charge in [-0.1, -0.05) is 18.2 Å². The fourth-order valence-corrected chi connectivity index (χ4v) is 3.52. The molecule has 0 aliphatic carbocycles. The van der Waals surface area contributed by atoms with Crippen molar-refractivity contribution in [3.05, 3.63) is 104 Å². The van der Waals surface area contributed by atoms with E-state index in [0.717, 1.165) is 35.8 Å². The summed E-state index contributed by atoms with van der Waals surface area (Å²) in [5.41, 5.74) is -1.51. The third-order valence-electron chi connectivity index (χ3n) is 5.10. The molecular formula is C25H16F3N3O5. The number of nitrogens with zero attached hydrogens (tertiary/aromatic N) is 3. The number of carbonyl (C=O) groups excluding carboxylic acids is 1. The lowest BCUT2D eigenvalue weighted by Gasteiger charge is -2.14. The van der Waals surface area contributed by atoms with Crippen molar-refractivity contribution in [2.75, 3.05) is 0 Å².